The van der Waals surface area contributed by atoms with Crippen molar-refractivity contribution in [3.63, 3.8) is 0 Å². The van der Waals surface area contributed by atoms with Crippen molar-refractivity contribution in [2.45, 2.75) is 4.90 Å². The van der Waals surface area contributed by atoms with Crippen LogP contribution in [-0.4, -0.2) is 30.0 Å². The van der Waals surface area contributed by atoms with Crippen LogP contribution in [0.15, 0.2) is 23.1 Å². The Balaban J connectivity index is 0.00000256. The Morgan fingerprint density at radius 2 is 1.71 bits per heavy atom. The zero-order valence-electron chi connectivity index (χ0n) is 8.54. The molecular weight excluding hydrogens is 254 g/mol. The van der Waals surface area contributed by atoms with Crippen LogP contribution in [0.4, 0.5) is 0 Å². The van der Waals surface area contributed by atoms with Crippen molar-refractivity contribution in [1.82, 2.24) is 6.15 Å². The topological polar surface area (TPSA) is 171 Å². The molecule has 0 atom stereocenters. The van der Waals surface area contributed by atoms with Crippen LogP contribution in [0.1, 0.15) is 20.7 Å². The van der Waals surface area contributed by atoms with Gasteiger partial charge in [-0.15, -0.1) is 0 Å². The molecule has 17 heavy (non-hydrogen) atoms. The number of quaternary nitrogens is 1. The molecule has 0 saturated heterocycles. The van der Waals surface area contributed by atoms with Crippen LogP contribution in [0.3, 0.4) is 0 Å². The molecule has 0 saturated carbocycles. The Hall–Kier alpha value is -1.97. The van der Waals surface area contributed by atoms with E-state index in [4.69, 9.17) is 5.11 Å². The quantitative estimate of drug-likeness (QED) is 0.659. The standard InChI is InChI=1S/C8H6O7S.H3N/c9-7(10)5-2-1-4(16(13,14)15)3-6(5)8(11)12;/h1-3H,(H,9,10)(H,11,12)(H,13,14,15);1H3/p-1. The molecule has 94 valence electrons. The van der Waals surface area contributed by atoms with Crippen molar-refractivity contribution in [3.05, 3.63) is 29.3 Å². The lowest BCUT2D eigenvalue weighted by molar-refractivity contribution is -0.255. The lowest BCUT2D eigenvalue weighted by Gasteiger charge is -2.11. The minimum Gasteiger partial charge on any atom is -0.744 e. The Labute approximate surface area is 95.8 Å². The second-order valence-corrected chi connectivity index (χ2v) is 4.13. The van der Waals surface area contributed by atoms with Gasteiger partial charge in [-0.1, -0.05) is 0 Å². The maximum Gasteiger partial charge on any atom is 0.336 e. The van der Waals surface area contributed by atoms with Crippen LogP contribution < -0.4 is 11.3 Å². The molecule has 0 bridgehead atoms. The summed E-state index contributed by atoms with van der Waals surface area (Å²) in [5.74, 6) is -3.43. The first-order valence-corrected chi connectivity index (χ1v) is 5.19. The second kappa shape index (κ2) is 4.91. The van der Waals surface area contributed by atoms with E-state index in [9.17, 15) is 27.7 Å². The minimum atomic E-state index is -4.84. The van der Waals surface area contributed by atoms with Crippen LogP contribution in [0.2, 0.25) is 0 Å². The van der Waals surface area contributed by atoms with Gasteiger partial charge in [0.25, 0.3) is 0 Å². The molecule has 0 aliphatic rings. The summed E-state index contributed by atoms with van der Waals surface area (Å²) < 4.78 is 31.7. The van der Waals surface area contributed by atoms with Gasteiger partial charge in [-0.25, -0.2) is 13.2 Å². The summed E-state index contributed by atoms with van der Waals surface area (Å²) in [6.07, 6.45) is 0. The number of carbonyl (C=O) groups excluding carboxylic acids is 1. The molecule has 0 unspecified atom stereocenters. The van der Waals surface area contributed by atoms with E-state index in [1.165, 1.54) is 0 Å². The zero-order chi connectivity index (χ0) is 12.5. The highest BCUT2D eigenvalue weighted by atomic mass is 32.2. The Morgan fingerprint density at radius 1 is 1.18 bits per heavy atom. The fraction of sp³-hybridized carbons (Fsp3) is 0. The summed E-state index contributed by atoms with van der Waals surface area (Å²) in [6, 6.07) is 1.90. The molecule has 9 heteroatoms. The van der Waals surface area contributed by atoms with E-state index in [1.807, 2.05) is 0 Å². The van der Waals surface area contributed by atoms with Crippen LogP contribution in [0.5, 0.6) is 0 Å². The van der Waals surface area contributed by atoms with Gasteiger partial charge < -0.3 is 25.7 Å². The third-order valence-electron chi connectivity index (χ3n) is 1.73. The molecule has 1 rings (SSSR count). The van der Waals surface area contributed by atoms with E-state index in [0.29, 0.717) is 6.07 Å². The van der Waals surface area contributed by atoms with Gasteiger partial charge in [0.05, 0.1) is 16.4 Å². The van der Waals surface area contributed by atoms with Crippen molar-refractivity contribution < 1.29 is 32.8 Å². The first-order valence-electron chi connectivity index (χ1n) is 3.78. The Morgan fingerprint density at radius 3 is 2.06 bits per heavy atom. The molecule has 1 aromatic rings. The molecule has 0 aliphatic heterocycles. The smallest absolute Gasteiger partial charge is 0.336 e. The largest absolute Gasteiger partial charge is 0.744 e. The van der Waals surface area contributed by atoms with Crippen LogP contribution >= 0.6 is 0 Å². The molecule has 8 nitrogen and oxygen atoms in total. The molecule has 5 N–H and O–H groups in total. The Kier molecular flexibility index (Phi) is 4.34. The van der Waals surface area contributed by atoms with Crippen molar-refractivity contribution in [1.29, 1.82) is 0 Å². The molecule has 1 aromatic carbocycles. The molecule has 0 radical (unpaired) electrons. The van der Waals surface area contributed by atoms with Gasteiger partial charge in [0.15, 0.2) is 0 Å². The predicted octanol–water partition coefficient (Wildman–Crippen LogP) is -0.971. The number of hydrogen-bond acceptors (Lipinski definition) is 6. The van der Waals surface area contributed by atoms with E-state index in [-0.39, 0.29) is 6.15 Å². The van der Waals surface area contributed by atoms with Crippen molar-refractivity contribution in [2.75, 3.05) is 0 Å². The molecule has 0 amide bonds. The number of carboxylic acids is 2. The number of hydrogen-bond donors (Lipinski definition) is 2. The third-order valence-corrected chi connectivity index (χ3v) is 2.56. The number of carbonyl (C=O) groups is 2. The number of carboxylic acid groups (broad SMARTS) is 2. The van der Waals surface area contributed by atoms with E-state index in [2.05, 4.69) is 0 Å². The summed E-state index contributed by atoms with van der Waals surface area (Å²) >= 11 is 0. The lowest BCUT2D eigenvalue weighted by atomic mass is 10.1. The minimum absolute atomic E-state index is 0. The normalized spacial score (nSPS) is 10.4. The fourth-order valence-corrected chi connectivity index (χ4v) is 1.53. The fourth-order valence-electron chi connectivity index (χ4n) is 1.03. The monoisotopic (exact) mass is 262 g/mol. The number of benzene rings is 1. The summed E-state index contributed by atoms with van der Waals surface area (Å²) in [7, 11) is -4.84. The van der Waals surface area contributed by atoms with Crippen LogP contribution in [-0.2, 0) is 10.1 Å². The molecule has 0 fully saturated rings. The maximum absolute atomic E-state index is 10.6. The van der Waals surface area contributed by atoms with Gasteiger partial charge in [0.2, 0.25) is 0 Å². The van der Waals surface area contributed by atoms with Gasteiger partial charge in [-0.3, -0.25) is 0 Å². The summed E-state index contributed by atoms with van der Waals surface area (Å²) in [5.41, 5.74) is -1.50. The first kappa shape index (κ1) is 15.0. The van der Waals surface area contributed by atoms with Gasteiger partial charge in [0, 0.05) is 5.56 Å². The highest BCUT2D eigenvalue weighted by molar-refractivity contribution is 7.85. The van der Waals surface area contributed by atoms with E-state index < -0.39 is 38.1 Å². The second-order valence-electron chi connectivity index (χ2n) is 2.75. The lowest BCUT2D eigenvalue weighted by Crippen LogP contribution is -2.25. The van der Waals surface area contributed by atoms with E-state index >= 15 is 0 Å². The Bertz CT molecular complexity index is 563. The van der Waals surface area contributed by atoms with Gasteiger partial charge >= 0.3 is 5.97 Å². The first-order chi connectivity index (χ1) is 7.23. The third kappa shape index (κ3) is 3.24. The van der Waals surface area contributed by atoms with Crippen LogP contribution in [0.25, 0.3) is 0 Å². The highest BCUT2D eigenvalue weighted by Gasteiger charge is 2.13. The molecule has 0 spiro atoms. The van der Waals surface area contributed by atoms with Gasteiger partial charge in [-0.2, -0.15) is 0 Å². The summed E-state index contributed by atoms with van der Waals surface area (Å²) in [6.45, 7) is 0. The summed E-state index contributed by atoms with van der Waals surface area (Å²) in [4.78, 5) is 20.3. The number of rotatable bonds is 3. The van der Waals surface area contributed by atoms with Crippen molar-refractivity contribution in [3.8, 4) is 0 Å². The molecular formula is C8H8NO7S-. The molecule has 0 aromatic heterocycles. The van der Waals surface area contributed by atoms with E-state index in [0.717, 1.165) is 12.1 Å². The van der Waals surface area contributed by atoms with Crippen molar-refractivity contribution in [2.24, 2.45) is 0 Å². The average molecular weight is 262 g/mol. The molecule has 0 aliphatic carbocycles. The highest BCUT2D eigenvalue weighted by Crippen LogP contribution is 2.15. The zero-order valence-corrected chi connectivity index (χ0v) is 9.35. The summed E-state index contributed by atoms with van der Waals surface area (Å²) in [5, 5.41) is 19.1. The SMILES string of the molecule is O=C([O-])c1cc(S(=O)(=O)[O-])ccc1C(=O)O.[NH4+]. The van der Waals surface area contributed by atoms with E-state index in [1.54, 1.807) is 0 Å². The molecule has 0 heterocycles. The average Bonchev–Trinajstić information content (AvgIpc) is 2.15. The van der Waals surface area contributed by atoms with Gasteiger partial charge in [0.1, 0.15) is 10.1 Å². The predicted molar refractivity (Wildman–Crippen MR) is 51.7 cm³/mol. The maximum atomic E-state index is 10.6. The van der Waals surface area contributed by atoms with Crippen molar-refractivity contribution >= 4 is 22.1 Å². The van der Waals surface area contributed by atoms with Gasteiger partial charge in [-0.05, 0) is 18.2 Å². The van der Waals surface area contributed by atoms with Crippen LogP contribution in [0, 0.1) is 0 Å². The number of aromatic carboxylic acids is 2.